The molecule has 0 aliphatic carbocycles. The van der Waals surface area contributed by atoms with Gasteiger partial charge < -0.3 is 23.6 Å². The third kappa shape index (κ3) is 4.19. The molecule has 1 atom stereocenters. The van der Waals surface area contributed by atoms with Gasteiger partial charge in [0.1, 0.15) is 11.8 Å². The van der Waals surface area contributed by atoms with Gasteiger partial charge in [-0.25, -0.2) is 0 Å². The molecule has 1 amide bonds. The second-order valence-electron chi connectivity index (χ2n) is 7.14. The van der Waals surface area contributed by atoms with Gasteiger partial charge in [-0.05, 0) is 62.2 Å². The monoisotopic (exact) mass is 423 g/mol. The first kappa shape index (κ1) is 20.7. The molecular weight excluding hydrogens is 398 g/mol. The summed E-state index contributed by atoms with van der Waals surface area (Å²) in [5.41, 5.74) is 1.35. The van der Waals surface area contributed by atoms with E-state index in [1.807, 2.05) is 25.1 Å². The Hall–Kier alpha value is -3.55. The quantitative estimate of drug-likeness (QED) is 0.565. The molecule has 0 saturated carbocycles. The molecule has 8 heteroatoms. The van der Waals surface area contributed by atoms with Crippen molar-refractivity contribution in [2.45, 2.75) is 25.8 Å². The number of ether oxygens (including phenoxy) is 3. The van der Waals surface area contributed by atoms with E-state index in [1.54, 1.807) is 43.4 Å². The van der Waals surface area contributed by atoms with E-state index < -0.39 is 0 Å². The van der Waals surface area contributed by atoms with E-state index in [4.69, 9.17) is 18.7 Å². The summed E-state index contributed by atoms with van der Waals surface area (Å²) in [4.78, 5) is 19.5. The number of hydrogen-bond donors (Lipinski definition) is 0. The Morgan fingerprint density at radius 1 is 1.13 bits per heavy atom. The molecule has 1 fully saturated rings. The Balaban J connectivity index is 1.54. The summed E-state index contributed by atoms with van der Waals surface area (Å²) in [6, 6.07) is 12.4. The summed E-state index contributed by atoms with van der Waals surface area (Å²) in [6.07, 6.45) is 1.65. The number of amides is 1. The zero-order valence-corrected chi connectivity index (χ0v) is 17.8. The summed E-state index contributed by atoms with van der Waals surface area (Å²) in [7, 11) is 3.16. The van der Waals surface area contributed by atoms with Crippen molar-refractivity contribution in [3.8, 4) is 28.6 Å². The smallest absolute Gasteiger partial charge is 0.254 e. The van der Waals surface area contributed by atoms with Gasteiger partial charge in [-0.3, -0.25) is 4.79 Å². The molecule has 0 radical (unpaired) electrons. The van der Waals surface area contributed by atoms with E-state index in [1.165, 1.54) is 0 Å². The number of carbonyl (C=O) groups is 1. The molecule has 0 unspecified atom stereocenters. The minimum Gasteiger partial charge on any atom is -0.494 e. The van der Waals surface area contributed by atoms with Crippen molar-refractivity contribution in [3.63, 3.8) is 0 Å². The lowest BCUT2D eigenvalue weighted by molar-refractivity contribution is 0.0710. The molecule has 3 aromatic rings. The molecule has 0 N–H and O–H groups in total. The number of nitrogens with zero attached hydrogens (tertiary/aromatic N) is 3. The summed E-state index contributed by atoms with van der Waals surface area (Å²) >= 11 is 0. The Morgan fingerprint density at radius 3 is 2.61 bits per heavy atom. The highest BCUT2D eigenvalue weighted by Crippen LogP contribution is 2.35. The van der Waals surface area contributed by atoms with Crippen LogP contribution in [0.5, 0.6) is 17.2 Å². The van der Waals surface area contributed by atoms with Crippen LogP contribution in [0, 0.1) is 0 Å². The van der Waals surface area contributed by atoms with Gasteiger partial charge in [-0.15, -0.1) is 0 Å². The van der Waals surface area contributed by atoms with Gasteiger partial charge in [0.2, 0.25) is 11.7 Å². The molecule has 2 heterocycles. The Morgan fingerprint density at radius 2 is 1.90 bits per heavy atom. The van der Waals surface area contributed by atoms with Crippen LogP contribution in [0.15, 0.2) is 47.0 Å². The topological polar surface area (TPSA) is 86.9 Å². The fourth-order valence-electron chi connectivity index (χ4n) is 3.76. The number of methoxy groups -OCH3 is 2. The summed E-state index contributed by atoms with van der Waals surface area (Å²) in [6.45, 7) is 3.15. The van der Waals surface area contributed by atoms with E-state index in [-0.39, 0.29) is 11.9 Å². The highest BCUT2D eigenvalue weighted by atomic mass is 16.5. The van der Waals surface area contributed by atoms with Crippen LogP contribution in [0.3, 0.4) is 0 Å². The number of rotatable bonds is 7. The SMILES string of the molecule is CCOc1ccc(C(=O)N2CCC[C@H]2c2nc(-c3ccc(OC)c(OC)c3)no2)cc1. The lowest BCUT2D eigenvalue weighted by Crippen LogP contribution is -2.30. The molecule has 0 spiro atoms. The van der Waals surface area contributed by atoms with Crippen LogP contribution >= 0.6 is 0 Å². The Labute approximate surface area is 180 Å². The minimum atomic E-state index is -0.250. The number of benzene rings is 2. The van der Waals surface area contributed by atoms with E-state index in [0.717, 1.165) is 24.2 Å². The van der Waals surface area contributed by atoms with Crippen molar-refractivity contribution in [3.05, 3.63) is 53.9 Å². The zero-order valence-electron chi connectivity index (χ0n) is 17.8. The average Bonchev–Trinajstić information content (AvgIpc) is 3.48. The van der Waals surface area contributed by atoms with Crippen LogP contribution in [0.25, 0.3) is 11.4 Å². The first-order valence-corrected chi connectivity index (χ1v) is 10.2. The van der Waals surface area contributed by atoms with Crippen LogP contribution in [0.2, 0.25) is 0 Å². The van der Waals surface area contributed by atoms with Crippen LogP contribution in [-0.2, 0) is 0 Å². The van der Waals surface area contributed by atoms with Crippen molar-refractivity contribution in [1.29, 1.82) is 0 Å². The molecule has 2 aromatic carbocycles. The average molecular weight is 423 g/mol. The lowest BCUT2D eigenvalue weighted by atomic mass is 10.1. The molecule has 4 rings (SSSR count). The largest absolute Gasteiger partial charge is 0.494 e. The number of hydrogen-bond acceptors (Lipinski definition) is 7. The van der Waals surface area contributed by atoms with Crippen LogP contribution in [-0.4, -0.2) is 48.3 Å². The molecule has 8 nitrogen and oxygen atoms in total. The number of aromatic nitrogens is 2. The van der Waals surface area contributed by atoms with Crippen molar-refractivity contribution in [2.75, 3.05) is 27.4 Å². The van der Waals surface area contributed by atoms with Crippen molar-refractivity contribution in [2.24, 2.45) is 0 Å². The maximum absolute atomic E-state index is 13.1. The first-order chi connectivity index (χ1) is 15.1. The van der Waals surface area contributed by atoms with E-state index in [0.29, 0.717) is 41.9 Å². The molecule has 1 saturated heterocycles. The van der Waals surface area contributed by atoms with E-state index in [9.17, 15) is 4.79 Å². The van der Waals surface area contributed by atoms with Gasteiger partial charge in [-0.1, -0.05) is 5.16 Å². The van der Waals surface area contributed by atoms with E-state index in [2.05, 4.69) is 10.1 Å². The van der Waals surface area contributed by atoms with Crippen molar-refractivity contribution >= 4 is 5.91 Å². The third-order valence-corrected chi connectivity index (χ3v) is 5.29. The maximum Gasteiger partial charge on any atom is 0.254 e. The third-order valence-electron chi connectivity index (χ3n) is 5.29. The zero-order chi connectivity index (χ0) is 21.8. The second-order valence-corrected chi connectivity index (χ2v) is 7.14. The molecule has 1 aliphatic heterocycles. The molecule has 31 heavy (non-hydrogen) atoms. The fraction of sp³-hybridized carbons (Fsp3) is 0.348. The van der Waals surface area contributed by atoms with Gasteiger partial charge in [0.25, 0.3) is 5.91 Å². The van der Waals surface area contributed by atoms with Gasteiger partial charge in [0, 0.05) is 17.7 Å². The highest BCUT2D eigenvalue weighted by molar-refractivity contribution is 5.94. The molecule has 0 bridgehead atoms. The summed E-state index contributed by atoms with van der Waals surface area (Å²) in [5.74, 6) is 2.76. The summed E-state index contributed by atoms with van der Waals surface area (Å²) < 4.78 is 21.6. The second kappa shape index (κ2) is 9.07. The summed E-state index contributed by atoms with van der Waals surface area (Å²) in [5, 5.41) is 4.12. The van der Waals surface area contributed by atoms with Crippen LogP contribution in [0.1, 0.15) is 42.1 Å². The molecule has 162 valence electrons. The highest BCUT2D eigenvalue weighted by Gasteiger charge is 2.34. The van der Waals surface area contributed by atoms with Gasteiger partial charge >= 0.3 is 0 Å². The number of carbonyl (C=O) groups excluding carboxylic acids is 1. The van der Waals surface area contributed by atoms with E-state index >= 15 is 0 Å². The molecule has 1 aromatic heterocycles. The minimum absolute atomic E-state index is 0.0589. The predicted molar refractivity (Wildman–Crippen MR) is 113 cm³/mol. The predicted octanol–water partition coefficient (Wildman–Crippen LogP) is 4.13. The standard InChI is InChI=1S/C23H25N3O5/c1-4-30-17-10-7-15(8-11-17)23(27)26-13-5-6-18(26)22-24-21(25-31-22)16-9-12-19(28-2)20(14-16)29-3/h7-12,14,18H,4-6,13H2,1-3H3/t18-/m0/s1. The molecular formula is C23H25N3O5. The van der Waals surface area contributed by atoms with Gasteiger partial charge in [-0.2, -0.15) is 4.98 Å². The lowest BCUT2D eigenvalue weighted by Gasteiger charge is -2.22. The maximum atomic E-state index is 13.1. The fourth-order valence-corrected chi connectivity index (χ4v) is 3.76. The van der Waals surface area contributed by atoms with Crippen molar-refractivity contribution < 1.29 is 23.5 Å². The Bertz CT molecular complexity index is 1050. The van der Waals surface area contributed by atoms with Gasteiger partial charge in [0.05, 0.1) is 20.8 Å². The van der Waals surface area contributed by atoms with Gasteiger partial charge in [0.15, 0.2) is 11.5 Å². The number of likely N-dealkylation sites (tertiary alicyclic amines) is 1. The Kier molecular flexibility index (Phi) is 6.06. The van der Waals surface area contributed by atoms with Crippen molar-refractivity contribution in [1.82, 2.24) is 15.0 Å². The van der Waals surface area contributed by atoms with Crippen LogP contribution < -0.4 is 14.2 Å². The molecule has 1 aliphatic rings. The normalized spacial score (nSPS) is 15.7. The van der Waals surface area contributed by atoms with Crippen LogP contribution in [0.4, 0.5) is 0 Å². The first-order valence-electron chi connectivity index (χ1n) is 10.2.